The van der Waals surface area contributed by atoms with Gasteiger partial charge in [-0.05, 0) is 48.8 Å². The molecule has 3 aromatic rings. The van der Waals surface area contributed by atoms with Gasteiger partial charge in [0.25, 0.3) is 0 Å². The molecule has 3 N–H and O–H groups in total. The summed E-state index contributed by atoms with van der Waals surface area (Å²) in [6, 6.07) is 10.3. The lowest BCUT2D eigenvalue weighted by atomic mass is 9.73. The lowest BCUT2D eigenvalue weighted by molar-refractivity contribution is 0.186. The smallest absolute Gasteiger partial charge is 0.153 e. The molecule has 2 aromatic heterocycles. The Morgan fingerprint density at radius 1 is 1.16 bits per heavy atom. The second kappa shape index (κ2) is 8.27. The number of nitrogens with two attached hydrogens (primary N) is 1. The van der Waals surface area contributed by atoms with Gasteiger partial charge in [-0.3, -0.25) is 0 Å². The molecule has 3 heterocycles. The Kier molecular flexibility index (Phi) is 5.58. The van der Waals surface area contributed by atoms with Crippen LogP contribution in [-0.4, -0.2) is 33.1 Å². The number of rotatable bonds is 3. The summed E-state index contributed by atoms with van der Waals surface area (Å²) in [5.41, 5.74) is 12.0. The summed E-state index contributed by atoms with van der Waals surface area (Å²) in [5, 5.41) is 10.6. The number of benzene rings is 1. The zero-order chi connectivity index (χ0) is 22.5. The fraction of sp³-hybridized carbons (Fsp3) is 0.375. The molecule has 0 saturated carbocycles. The van der Waals surface area contributed by atoms with Gasteiger partial charge in [0, 0.05) is 30.9 Å². The summed E-state index contributed by atoms with van der Waals surface area (Å²) in [7, 11) is 0. The molecule has 2 aliphatic rings. The summed E-state index contributed by atoms with van der Waals surface area (Å²) in [6.45, 7) is 3.33. The second-order valence-electron chi connectivity index (χ2n) is 8.75. The van der Waals surface area contributed by atoms with Crippen LogP contribution in [0.2, 0.25) is 10.2 Å². The lowest BCUT2D eigenvalue weighted by Crippen LogP contribution is -2.45. The van der Waals surface area contributed by atoms with Crippen LogP contribution in [0.3, 0.4) is 0 Å². The number of aryl methyl sites for hydroxylation is 1. The second-order valence-corrected chi connectivity index (χ2v) is 9.49. The molecule has 0 amide bonds. The highest BCUT2D eigenvalue weighted by Crippen LogP contribution is 2.51. The Hall–Kier alpha value is -2.25. The van der Waals surface area contributed by atoms with Gasteiger partial charge in [0.15, 0.2) is 5.82 Å². The van der Waals surface area contributed by atoms with E-state index in [2.05, 4.69) is 34.1 Å². The quantitative estimate of drug-likeness (QED) is 0.549. The van der Waals surface area contributed by atoms with Crippen LogP contribution in [0, 0.1) is 12.3 Å². The summed E-state index contributed by atoms with van der Waals surface area (Å²) >= 11 is 12.4. The van der Waals surface area contributed by atoms with Crippen LogP contribution in [0.5, 0.6) is 0 Å². The number of pyridine rings is 1. The van der Waals surface area contributed by atoms with Gasteiger partial charge < -0.3 is 15.7 Å². The Morgan fingerprint density at radius 2 is 1.91 bits per heavy atom. The largest absolute Gasteiger partial charge is 0.390 e. The maximum Gasteiger partial charge on any atom is 0.153 e. The summed E-state index contributed by atoms with van der Waals surface area (Å²) in [5.74, 6) is 0.726. The normalized spacial score (nSPS) is 19.4. The van der Waals surface area contributed by atoms with Gasteiger partial charge >= 0.3 is 0 Å². The van der Waals surface area contributed by atoms with Gasteiger partial charge in [0.2, 0.25) is 0 Å². The third-order valence-corrected chi connectivity index (χ3v) is 7.79. The first-order chi connectivity index (χ1) is 15.4. The highest BCUT2D eigenvalue weighted by atomic mass is 35.5. The first-order valence-corrected chi connectivity index (χ1v) is 11.6. The van der Waals surface area contributed by atoms with Gasteiger partial charge in [0.05, 0.1) is 23.0 Å². The number of hydrogen-bond acceptors (Lipinski definition) is 6. The van der Waals surface area contributed by atoms with E-state index in [1.165, 1.54) is 11.1 Å². The van der Waals surface area contributed by atoms with Crippen LogP contribution in [0.15, 0.2) is 36.5 Å². The number of hydrogen-bond donors (Lipinski definition) is 2. The number of piperidine rings is 1. The van der Waals surface area contributed by atoms with Gasteiger partial charge in [-0.15, -0.1) is 0 Å². The number of aliphatic hydroxyl groups excluding tert-OH is 1. The number of halogens is 2. The van der Waals surface area contributed by atoms with Crippen molar-refractivity contribution < 1.29 is 5.11 Å². The van der Waals surface area contributed by atoms with Crippen molar-refractivity contribution in [3.63, 3.8) is 0 Å². The molecular weight excluding hydrogens is 445 g/mol. The molecule has 1 fully saturated rings. The standard InChI is InChI=1S/C24H25Cl2N5O/c1-14-20(17-6-9-28-22(26)19(17)25)30-18(13-32)23(29-14)31-10-7-24(8-11-31)12-15-4-2-3-5-16(15)21(24)27/h2-6,9,21,32H,7-8,10-13,27H2,1H3/t21-/m1/s1. The van der Waals surface area contributed by atoms with E-state index >= 15 is 0 Å². The van der Waals surface area contributed by atoms with Crippen LogP contribution in [0.4, 0.5) is 5.82 Å². The van der Waals surface area contributed by atoms with Crippen molar-refractivity contribution >= 4 is 29.0 Å². The fourth-order valence-corrected chi connectivity index (χ4v) is 5.59. The zero-order valence-electron chi connectivity index (χ0n) is 17.9. The molecule has 32 heavy (non-hydrogen) atoms. The van der Waals surface area contributed by atoms with Gasteiger partial charge in [-0.2, -0.15) is 0 Å². The van der Waals surface area contributed by atoms with Crippen molar-refractivity contribution in [3.8, 4) is 11.3 Å². The molecule has 1 spiro atoms. The van der Waals surface area contributed by atoms with Crippen molar-refractivity contribution in [1.82, 2.24) is 15.0 Å². The molecule has 8 heteroatoms. The third kappa shape index (κ3) is 3.46. The first-order valence-electron chi connectivity index (χ1n) is 10.8. The predicted octanol–water partition coefficient (Wildman–Crippen LogP) is 4.49. The number of anilines is 1. The Morgan fingerprint density at radius 3 is 2.62 bits per heavy atom. The number of fused-ring (bicyclic) bond motifs is 1. The number of nitrogens with zero attached hydrogens (tertiary/aromatic N) is 4. The average molecular weight is 470 g/mol. The van der Waals surface area contributed by atoms with Gasteiger partial charge in [-0.25, -0.2) is 15.0 Å². The molecule has 5 rings (SSSR count). The molecule has 1 atom stereocenters. The molecule has 1 aromatic carbocycles. The van der Waals surface area contributed by atoms with Crippen LogP contribution in [-0.2, 0) is 13.0 Å². The highest BCUT2D eigenvalue weighted by Gasteiger charge is 2.46. The summed E-state index contributed by atoms with van der Waals surface area (Å²) in [6.07, 6.45) is 4.56. The zero-order valence-corrected chi connectivity index (χ0v) is 19.4. The van der Waals surface area contributed by atoms with E-state index in [1.54, 1.807) is 12.3 Å². The average Bonchev–Trinajstić information content (AvgIpc) is 3.07. The minimum atomic E-state index is -0.210. The maximum absolute atomic E-state index is 10.1. The molecule has 1 aliphatic heterocycles. The van der Waals surface area contributed by atoms with Crippen molar-refractivity contribution in [2.24, 2.45) is 11.1 Å². The van der Waals surface area contributed by atoms with E-state index in [0.717, 1.165) is 43.9 Å². The molecule has 1 saturated heterocycles. The maximum atomic E-state index is 10.1. The van der Waals surface area contributed by atoms with Gasteiger partial charge in [0.1, 0.15) is 10.8 Å². The van der Waals surface area contributed by atoms with Crippen LogP contribution < -0.4 is 10.6 Å². The molecule has 0 radical (unpaired) electrons. The van der Waals surface area contributed by atoms with Crippen molar-refractivity contribution in [2.45, 2.75) is 38.8 Å². The molecular formula is C24H25Cl2N5O. The minimum Gasteiger partial charge on any atom is -0.390 e. The van der Waals surface area contributed by atoms with Crippen LogP contribution >= 0.6 is 23.2 Å². The first kappa shape index (κ1) is 21.6. The van der Waals surface area contributed by atoms with Crippen molar-refractivity contribution in [3.05, 3.63) is 69.2 Å². The van der Waals surface area contributed by atoms with Crippen molar-refractivity contribution in [2.75, 3.05) is 18.0 Å². The van der Waals surface area contributed by atoms with E-state index < -0.39 is 0 Å². The van der Waals surface area contributed by atoms with E-state index in [1.807, 2.05) is 6.92 Å². The fourth-order valence-electron chi connectivity index (χ4n) is 5.23. The Balaban J connectivity index is 1.42. The molecule has 0 bridgehead atoms. The molecule has 166 valence electrons. The van der Waals surface area contributed by atoms with Gasteiger partial charge in [-0.1, -0.05) is 47.5 Å². The topological polar surface area (TPSA) is 88.2 Å². The van der Waals surface area contributed by atoms with E-state index in [9.17, 15) is 5.11 Å². The lowest BCUT2D eigenvalue weighted by Gasteiger charge is -2.43. The van der Waals surface area contributed by atoms with E-state index in [0.29, 0.717) is 22.0 Å². The van der Waals surface area contributed by atoms with E-state index in [4.69, 9.17) is 38.9 Å². The predicted molar refractivity (Wildman–Crippen MR) is 127 cm³/mol. The van der Waals surface area contributed by atoms with Crippen molar-refractivity contribution in [1.29, 1.82) is 0 Å². The van der Waals surface area contributed by atoms with Crippen LogP contribution in [0.25, 0.3) is 11.3 Å². The Labute approximate surface area is 197 Å². The number of aliphatic hydroxyl groups is 1. The summed E-state index contributed by atoms with van der Waals surface area (Å²) < 4.78 is 0. The summed E-state index contributed by atoms with van der Waals surface area (Å²) in [4.78, 5) is 15.8. The SMILES string of the molecule is Cc1nc(N2CCC3(CC2)Cc2ccccc2[C@H]3N)c(CO)nc1-c1ccnc(Cl)c1Cl. The highest BCUT2D eigenvalue weighted by molar-refractivity contribution is 6.42. The minimum absolute atomic E-state index is 0.0620. The van der Waals surface area contributed by atoms with Crippen LogP contribution in [0.1, 0.15) is 41.4 Å². The number of aromatic nitrogens is 3. The molecule has 6 nitrogen and oxygen atoms in total. The van der Waals surface area contributed by atoms with E-state index in [-0.39, 0.29) is 23.2 Å². The molecule has 1 aliphatic carbocycles. The Bertz CT molecular complexity index is 1180. The molecule has 0 unspecified atom stereocenters. The monoisotopic (exact) mass is 469 g/mol. The third-order valence-electron chi connectivity index (χ3n) is 7.02.